The van der Waals surface area contributed by atoms with Gasteiger partial charge in [-0.1, -0.05) is 12.2 Å². The van der Waals surface area contributed by atoms with E-state index >= 15 is 0 Å². The molecule has 0 bridgehead atoms. The summed E-state index contributed by atoms with van der Waals surface area (Å²) in [5.74, 6) is 0.674. The van der Waals surface area contributed by atoms with Crippen LogP contribution in [0.25, 0.3) is 0 Å². The zero-order valence-corrected chi connectivity index (χ0v) is 7.82. The van der Waals surface area contributed by atoms with Crippen LogP contribution in [0.1, 0.15) is 19.3 Å². The van der Waals surface area contributed by atoms with Crippen molar-refractivity contribution in [3.05, 3.63) is 23.8 Å². The molecule has 2 rings (SSSR count). The normalized spacial score (nSPS) is 32.7. The summed E-state index contributed by atoms with van der Waals surface area (Å²) in [6.07, 6.45) is 8.94. The molecule has 0 radical (unpaired) electrons. The van der Waals surface area contributed by atoms with Crippen LogP contribution < -0.4 is 0 Å². The van der Waals surface area contributed by atoms with Gasteiger partial charge in [0.15, 0.2) is 5.78 Å². The monoisotopic (exact) mass is 178 g/mol. The lowest BCUT2D eigenvalue weighted by Gasteiger charge is -2.28. The van der Waals surface area contributed by atoms with Crippen LogP contribution in [0.2, 0.25) is 0 Å². The van der Waals surface area contributed by atoms with Crippen LogP contribution >= 0.6 is 0 Å². The summed E-state index contributed by atoms with van der Waals surface area (Å²) < 4.78 is 5.13. The van der Waals surface area contributed by atoms with Gasteiger partial charge in [0, 0.05) is 7.11 Å². The van der Waals surface area contributed by atoms with Crippen molar-refractivity contribution >= 4 is 5.78 Å². The van der Waals surface area contributed by atoms with E-state index in [1.807, 2.05) is 0 Å². The predicted molar refractivity (Wildman–Crippen MR) is 50.4 cm³/mol. The van der Waals surface area contributed by atoms with Crippen LogP contribution in [0, 0.1) is 5.92 Å². The molecule has 0 saturated heterocycles. The molecule has 2 heteroatoms. The highest BCUT2D eigenvalue weighted by atomic mass is 16.5. The molecule has 0 heterocycles. The number of hydrogen-bond acceptors (Lipinski definition) is 2. The van der Waals surface area contributed by atoms with Crippen molar-refractivity contribution in [1.82, 2.24) is 0 Å². The molecule has 13 heavy (non-hydrogen) atoms. The number of hydrogen-bond donors (Lipinski definition) is 0. The van der Waals surface area contributed by atoms with Gasteiger partial charge in [-0.05, 0) is 36.8 Å². The molecule has 2 aliphatic carbocycles. The van der Waals surface area contributed by atoms with Gasteiger partial charge in [-0.25, -0.2) is 0 Å². The summed E-state index contributed by atoms with van der Waals surface area (Å²) in [5.41, 5.74) is 1.20. The molecule has 0 amide bonds. The van der Waals surface area contributed by atoms with Crippen LogP contribution in [0.5, 0.6) is 0 Å². The molecular weight excluding hydrogens is 164 g/mol. The Bertz CT molecular complexity index is 276. The molecule has 0 spiro atoms. The number of ketones is 1. The third kappa shape index (κ3) is 1.59. The Hall–Kier alpha value is -0.890. The highest BCUT2D eigenvalue weighted by Crippen LogP contribution is 2.32. The van der Waals surface area contributed by atoms with E-state index in [1.165, 1.54) is 5.57 Å². The van der Waals surface area contributed by atoms with E-state index in [0.29, 0.717) is 5.92 Å². The summed E-state index contributed by atoms with van der Waals surface area (Å²) in [4.78, 5) is 11.4. The molecule has 70 valence electrons. The Balaban J connectivity index is 2.23. The van der Waals surface area contributed by atoms with E-state index in [4.69, 9.17) is 4.74 Å². The van der Waals surface area contributed by atoms with Crippen LogP contribution in [-0.2, 0) is 9.53 Å². The third-order valence-corrected chi connectivity index (χ3v) is 2.87. The fourth-order valence-electron chi connectivity index (χ4n) is 2.08. The van der Waals surface area contributed by atoms with Gasteiger partial charge in [-0.2, -0.15) is 0 Å². The van der Waals surface area contributed by atoms with Crippen molar-refractivity contribution in [2.24, 2.45) is 5.92 Å². The van der Waals surface area contributed by atoms with Gasteiger partial charge in [0.2, 0.25) is 0 Å². The molecule has 0 aromatic carbocycles. The van der Waals surface area contributed by atoms with Gasteiger partial charge in [0.05, 0.1) is 0 Å². The van der Waals surface area contributed by atoms with Crippen molar-refractivity contribution in [3.63, 3.8) is 0 Å². The highest BCUT2D eigenvalue weighted by molar-refractivity contribution is 5.95. The van der Waals surface area contributed by atoms with E-state index in [9.17, 15) is 4.79 Å². The Kier molecular flexibility index (Phi) is 2.32. The number of methoxy groups -OCH3 is 1. The summed E-state index contributed by atoms with van der Waals surface area (Å²) in [6.45, 7) is 0. The number of carbonyl (C=O) groups excluding carboxylic acids is 1. The first-order chi connectivity index (χ1) is 6.31. The zero-order chi connectivity index (χ0) is 9.26. The lowest BCUT2D eigenvalue weighted by molar-refractivity contribution is -0.125. The van der Waals surface area contributed by atoms with Gasteiger partial charge in [-0.3, -0.25) is 4.79 Å². The first kappa shape index (κ1) is 8.70. The quantitative estimate of drug-likeness (QED) is 0.612. The SMILES string of the molecule is COC1CC2CCC=CC2=CC1=O. The summed E-state index contributed by atoms with van der Waals surface area (Å²) in [5, 5.41) is 0. The maximum Gasteiger partial charge on any atom is 0.184 e. The summed E-state index contributed by atoms with van der Waals surface area (Å²) >= 11 is 0. The van der Waals surface area contributed by atoms with Crippen LogP contribution in [0.4, 0.5) is 0 Å². The minimum Gasteiger partial charge on any atom is -0.373 e. The van der Waals surface area contributed by atoms with Gasteiger partial charge in [0.25, 0.3) is 0 Å². The Morgan fingerprint density at radius 3 is 3.15 bits per heavy atom. The van der Waals surface area contributed by atoms with Crippen molar-refractivity contribution < 1.29 is 9.53 Å². The maximum atomic E-state index is 11.4. The lowest BCUT2D eigenvalue weighted by atomic mass is 9.80. The van der Waals surface area contributed by atoms with Crippen LogP contribution in [0.3, 0.4) is 0 Å². The van der Waals surface area contributed by atoms with Gasteiger partial charge >= 0.3 is 0 Å². The largest absolute Gasteiger partial charge is 0.373 e. The molecule has 2 nitrogen and oxygen atoms in total. The topological polar surface area (TPSA) is 26.3 Å². The Morgan fingerprint density at radius 2 is 2.38 bits per heavy atom. The van der Waals surface area contributed by atoms with E-state index in [0.717, 1.165) is 19.3 Å². The second-order valence-electron chi connectivity index (χ2n) is 3.68. The van der Waals surface area contributed by atoms with E-state index < -0.39 is 0 Å². The molecule has 0 aromatic rings. The molecule has 2 atom stereocenters. The minimum absolute atomic E-state index is 0.125. The molecule has 0 N–H and O–H groups in total. The van der Waals surface area contributed by atoms with E-state index in [1.54, 1.807) is 13.2 Å². The van der Waals surface area contributed by atoms with Crippen LogP contribution in [0.15, 0.2) is 23.8 Å². The average molecular weight is 178 g/mol. The highest BCUT2D eigenvalue weighted by Gasteiger charge is 2.29. The van der Waals surface area contributed by atoms with Gasteiger partial charge in [-0.15, -0.1) is 0 Å². The number of rotatable bonds is 1. The summed E-state index contributed by atoms with van der Waals surface area (Å²) in [6, 6.07) is 0. The number of ether oxygens (including phenoxy) is 1. The predicted octanol–water partition coefficient (Wildman–Crippen LogP) is 1.87. The Morgan fingerprint density at radius 1 is 1.54 bits per heavy atom. The third-order valence-electron chi connectivity index (χ3n) is 2.87. The molecule has 0 saturated carbocycles. The standard InChI is InChI=1S/C11H14O2/c1-13-11-7-9-5-3-2-4-8(9)6-10(11)12/h2,4,6,9,11H,3,5,7H2,1H3. The molecule has 2 unspecified atom stereocenters. The minimum atomic E-state index is -0.194. The fourth-order valence-corrected chi connectivity index (χ4v) is 2.08. The Labute approximate surface area is 78.3 Å². The first-order valence-corrected chi connectivity index (χ1v) is 4.76. The van der Waals surface area contributed by atoms with Gasteiger partial charge < -0.3 is 4.74 Å². The molecule has 0 aliphatic heterocycles. The van der Waals surface area contributed by atoms with Crippen molar-refractivity contribution in [3.8, 4) is 0 Å². The fraction of sp³-hybridized carbons (Fsp3) is 0.545. The smallest absolute Gasteiger partial charge is 0.184 e. The second kappa shape index (κ2) is 3.46. The second-order valence-corrected chi connectivity index (χ2v) is 3.68. The van der Waals surface area contributed by atoms with Gasteiger partial charge in [0.1, 0.15) is 6.10 Å². The van der Waals surface area contributed by atoms with E-state index in [-0.39, 0.29) is 11.9 Å². The van der Waals surface area contributed by atoms with Crippen LogP contribution in [-0.4, -0.2) is 19.0 Å². The van der Waals surface area contributed by atoms with Crippen molar-refractivity contribution in [2.45, 2.75) is 25.4 Å². The average Bonchev–Trinajstić information content (AvgIpc) is 2.17. The number of allylic oxidation sites excluding steroid dienone is 3. The molecule has 2 aliphatic rings. The lowest BCUT2D eigenvalue weighted by Crippen LogP contribution is -2.30. The first-order valence-electron chi connectivity index (χ1n) is 4.76. The zero-order valence-electron chi connectivity index (χ0n) is 7.82. The number of fused-ring (bicyclic) bond motifs is 1. The molecular formula is C11H14O2. The summed E-state index contributed by atoms with van der Waals surface area (Å²) in [7, 11) is 1.61. The van der Waals surface area contributed by atoms with Crippen molar-refractivity contribution in [1.29, 1.82) is 0 Å². The molecule has 0 aromatic heterocycles. The van der Waals surface area contributed by atoms with Crippen molar-refractivity contribution in [2.75, 3.05) is 7.11 Å². The number of carbonyl (C=O) groups is 1. The van der Waals surface area contributed by atoms with E-state index in [2.05, 4.69) is 12.2 Å². The maximum absolute atomic E-state index is 11.4. The molecule has 0 fully saturated rings.